The lowest BCUT2D eigenvalue weighted by atomic mass is 10.2. The number of hydrogen-bond acceptors (Lipinski definition) is 3. The summed E-state index contributed by atoms with van der Waals surface area (Å²) in [7, 11) is 0. The molecule has 0 spiro atoms. The van der Waals surface area contributed by atoms with Gasteiger partial charge in [-0.15, -0.1) is 0 Å². The summed E-state index contributed by atoms with van der Waals surface area (Å²) in [5.41, 5.74) is 1.33. The lowest BCUT2D eigenvalue weighted by Gasteiger charge is -2.29. The van der Waals surface area contributed by atoms with Gasteiger partial charge in [-0.25, -0.2) is 4.39 Å². The molecule has 0 radical (unpaired) electrons. The minimum atomic E-state index is -0.679. The van der Waals surface area contributed by atoms with Gasteiger partial charge < -0.3 is 14.2 Å². The summed E-state index contributed by atoms with van der Waals surface area (Å²) in [5, 5.41) is 0.671. The van der Waals surface area contributed by atoms with Crippen molar-refractivity contribution in [2.75, 3.05) is 13.2 Å². The maximum atomic E-state index is 13.7. The van der Waals surface area contributed by atoms with Crippen LogP contribution < -0.4 is 0 Å². The van der Waals surface area contributed by atoms with Crippen LogP contribution in [-0.4, -0.2) is 19.3 Å². The van der Waals surface area contributed by atoms with Gasteiger partial charge in [-0.05, 0) is 17.7 Å². The first-order valence-electron chi connectivity index (χ1n) is 7.06. The Balaban J connectivity index is 1.52. The first-order valence-corrected chi connectivity index (χ1v) is 7.44. The van der Waals surface area contributed by atoms with Gasteiger partial charge in [-0.3, -0.25) is 0 Å². The molecule has 1 aliphatic heterocycles. The third-order valence-corrected chi connectivity index (χ3v) is 3.83. The number of ether oxygens (including phenoxy) is 3. The summed E-state index contributed by atoms with van der Waals surface area (Å²) in [4.78, 5) is 0. The average Bonchev–Trinajstić information content (AvgIpc) is 2.55. The molecule has 1 saturated heterocycles. The molecule has 3 nitrogen and oxygen atoms in total. The van der Waals surface area contributed by atoms with Crippen molar-refractivity contribution in [3.63, 3.8) is 0 Å². The van der Waals surface area contributed by atoms with E-state index in [0.717, 1.165) is 5.56 Å². The minimum Gasteiger partial charge on any atom is -0.369 e. The van der Waals surface area contributed by atoms with Crippen molar-refractivity contribution in [3.05, 3.63) is 70.5 Å². The van der Waals surface area contributed by atoms with E-state index in [1.807, 2.05) is 24.3 Å². The van der Waals surface area contributed by atoms with Gasteiger partial charge in [-0.1, -0.05) is 48.0 Å². The van der Waals surface area contributed by atoms with Gasteiger partial charge in [0, 0.05) is 10.6 Å². The lowest BCUT2D eigenvalue weighted by Crippen LogP contribution is -2.33. The maximum absolute atomic E-state index is 13.7. The molecule has 1 heterocycles. The first kappa shape index (κ1) is 15.4. The zero-order valence-electron chi connectivity index (χ0n) is 11.9. The van der Waals surface area contributed by atoms with Crippen LogP contribution in [0.1, 0.15) is 17.4 Å². The second kappa shape index (κ2) is 7.20. The van der Waals surface area contributed by atoms with E-state index in [4.69, 9.17) is 25.8 Å². The van der Waals surface area contributed by atoms with Gasteiger partial charge in [0.1, 0.15) is 11.9 Å². The summed E-state index contributed by atoms with van der Waals surface area (Å²) in [6.45, 7) is 1.09. The topological polar surface area (TPSA) is 27.7 Å². The molecule has 116 valence electrons. The third-order valence-electron chi connectivity index (χ3n) is 3.46. The molecule has 5 heteroatoms. The minimum absolute atomic E-state index is 0.195. The number of rotatable bonds is 4. The SMILES string of the molecule is Fc1ccccc1[C@H]1OC[C@@H](OCc2ccccc2Cl)CO1. The van der Waals surface area contributed by atoms with E-state index in [-0.39, 0.29) is 11.9 Å². The van der Waals surface area contributed by atoms with E-state index < -0.39 is 6.29 Å². The van der Waals surface area contributed by atoms with Crippen LogP contribution in [0.3, 0.4) is 0 Å². The van der Waals surface area contributed by atoms with Crippen molar-refractivity contribution in [3.8, 4) is 0 Å². The highest BCUT2D eigenvalue weighted by Gasteiger charge is 2.26. The van der Waals surface area contributed by atoms with Crippen LogP contribution in [0.4, 0.5) is 4.39 Å². The molecule has 2 aromatic rings. The van der Waals surface area contributed by atoms with Crippen molar-refractivity contribution in [2.45, 2.75) is 19.0 Å². The molecular weight excluding hydrogens is 307 g/mol. The van der Waals surface area contributed by atoms with E-state index in [2.05, 4.69) is 0 Å². The average molecular weight is 323 g/mol. The van der Waals surface area contributed by atoms with Gasteiger partial charge in [0.25, 0.3) is 0 Å². The highest BCUT2D eigenvalue weighted by molar-refractivity contribution is 6.31. The second-order valence-electron chi connectivity index (χ2n) is 5.04. The highest BCUT2D eigenvalue weighted by atomic mass is 35.5. The molecule has 1 aliphatic rings. The Kier molecular flexibility index (Phi) is 5.05. The Morgan fingerprint density at radius 1 is 1.05 bits per heavy atom. The van der Waals surface area contributed by atoms with Crippen molar-refractivity contribution >= 4 is 11.6 Å². The molecule has 3 rings (SSSR count). The maximum Gasteiger partial charge on any atom is 0.186 e. The molecule has 22 heavy (non-hydrogen) atoms. The normalized spacial score (nSPS) is 21.7. The van der Waals surface area contributed by atoms with Gasteiger partial charge in [0.15, 0.2) is 6.29 Å². The molecule has 0 N–H and O–H groups in total. The van der Waals surface area contributed by atoms with E-state index in [9.17, 15) is 4.39 Å². The Morgan fingerprint density at radius 2 is 1.73 bits per heavy atom. The quantitative estimate of drug-likeness (QED) is 0.848. The van der Waals surface area contributed by atoms with E-state index >= 15 is 0 Å². The highest BCUT2D eigenvalue weighted by Crippen LogP contribution is 2.26. The monoisotopic (exact) mass is 322 g/mol. The van der Waals surface area contributed by atoms with Crippen LogP contribution in [0.15, 0.2) is 48.5 Å². The molecule has 0 atom stereocenters. The summed E-state index contributed by atoms with van der Waals surface area (Å²) >= 11 is 6.08. The summed E-state index contributed by atoms with van der Waals surface area (Å²) < 4.78 is 30.5. The molecular formula is C17H16ClFO3. The summed E-state index contributed by atoms with van der Waals surface area (Å²) in [5.74, 6) is -0.331. The van der Waals surface area contributed by atoms with Crippen LogP contribution in [0.2, 0.25) is 5.02 Å². The Labute approximate surface area is 133 Å². The second-order valence-corrected chi connectivity index (χ2v) is 5.45. The molecule has 0 amide bonds. The molecule has 0 aliphatic carbocycles. The molecule has 1 fully saturated rings. The van der Waals surface area contributed by atoms with Crippen molar-refractivity contribution in [1.29, 1.82) is 0 Å². The van der Waals surface area contributed by atoms with Crippen molar-refractivity contribution < 1.29 is 18.6 Å². The molecule has 0 bridgehead atoms. The predicted octanol–water partition coefficient (Wildman–Crippen LogP) is 4.11. The third kappa shape index (κ3) is 3.65. The van der Waals surface area contributed by atoms with Crippen LogP contribution in [0, 0.1) is 5.82 Å². The molecule has 0 aromatic heterocycles. The standard InChI is InChI=1S/C17H16ClFO3/c18-15-7-3-1-5-12(15)9-20-13-10-21-17(22-11-13)14-6-2-4-8-16(14)19/h1-8,13,17H,9-11H2/t13-,17+. The molecule has 2 aromatic carbocycles. The van der Waals surface area contributed by atoms with Crippen LogP contribution in [0.5, 0.6) is 0 Å². The Hall–Kier alpha value is -1.46. The smallest absolute Gasteiger partial charge is 0.186 e. The number of halogens is 2. The van der Waals surface area contributed by atoms with Crippen molar-refractivity contribution in [2.24, 2.45) is 0 Å². The van der Waals surface area contributed by atoms with Gasteiger partial charge in [0.2, 0.25) is 0 Å². The lowest BCUT2D eigenvalue weighted by molar-refractivity contribution is -0.233. The van der Waals surface area contributed by atoms with Gasteiger partial charge in [-0.2, -0.15) is 0 Å². The zero-order valence-corrected chi connectivity index (χ0v) is 12.6. The van der Waals surface area contributed by atoms with E-state index in [0.29, 0.717) is 30.4 Å². The fourth-order valence-corrected chi connectivity index (χ4v) is 2.44. The summed E-state index contributed by atoms with van der Waals surface area (Å²) in [6.07, 6.45) is -0.874. The van der Waals surface area contributed by atoms with Gasteiger partial charge >= 0.3 is 0 Å². The molecule has 0 saturated carbocycles. The van der Waals surface area contributed by atoms with Gasteiger partial charge in [0.05, 0.1) is 19.8 Å². The predicted molar refractivity (Wildman–Crippen MR) is 81.1 cm³/mol. The fraction of sp³-hybridized carbons (Fsp3) is 0.294. The Bertz CT molecular complexity index is 627. The fourth-order valence-electron chi connectivity index (χ4n) is 2.25. The largest absolute Gasteiger partial charge is 0.369 e. The number of benzene rings is 2. The van der Waals surface area contributed by atoms with Crippen LogP contribution >= 0.6 is 11.6 Å². The van der Waals surface area contributed by atoms with Crippen LogP contribution in [0.25, 0.3) is 0 Å². The van der Waals surface area contributed by atoms with E-state index in [1.54, 1.807) is 18.2 Å². The molecule has 0 unspecified atom stereocenters. The first-order chi connectivity index (χ1) is 10.7. The number of hydrogen-bond donors (Lipinski definition) is 0. The summed E-state index contributed by atoms with van der Waals surface area (Å²) in [6, 6.07) is 14.0. The van der Waals surface area contributed by atoms with Crippen LogP contribution in [-0.2, 0) is 20.8 Å². The zero-order chi connectivity index (χ0) is 15.4. The van der Waals surface area contributed by atoms with Crippen molar-refractivity contribution in [1.82, 2.24) is 0 Å². The van der Waals surface area contributed by atoms with E-state index in [1.165, 1.54) is 6.07 Å². The Morgan fingerprint density at radius 3 is 2.45 bits per heavy atom.